The Labute approximate surface area is 166 Å². The third-order valence-electron chi connectivity index (χ3n) is 5.04. The third kappa shape index (κ3) is 5.12. The van der Waals surface area contributed by atoms with Crippen LogP contribution in [0.25, 0.3) is 0 Å². The molecule has 0 atom stereocenters. The van der Waals surface area contributed by atoms with Crippen LogP contribution in [0.15, 0.2) is 18.2 Å². The van der Waals surface area contributed by atoms with Crippen LogP contribution in [0.4, 0.5) is 11.4 Å². The molecule has 0 saturated carbocycles. The summed E-state index contributed by atoms with van der Waals surface area (Å²) in [5.41, 5.74) is 4.61. The van der Waals surface area contributed by atoms with E-state index < -0.39 is 5.97 Å². The molecule has 2 aromatic rings. The third-order valence-corrected chi connectivity index (χ3v) is 5.04. The lowest BCUT2D eigenvalue weighted by Crippen LogP contribution is -2.23. The summed E-state index contributed by atoms with van der Waals surface area (Å²) >= 11 is 0. The topological polar surface area (TPSA) is 87.5 Å². The van der Waals surface area contributed by atoms with E-state index in [1.807, 2.05) is 44.4 Å². The summed E-state index contributed by atoms with van der Waals surface area (Å²) in [6, 6.07) is 5.03. The minimum Gasteiger partial charge on any atom is -0.478 e. The van der Waals surface area contributed by atoms with E-state index in [2.05, 4.69) is 10.4 Å². The van der Waals surface area contributed by atoms with Crippen LogP contribution >= 0.6 is 0 Å². The number of carboxylic acid groups (broad SMARTS) is 1. The summed E-state index contributed by atoms with van der Waals surface area (Å²) in [6.07, 6.45) is 2.96. The van der Waals surface area contributed by atoms with Crippen LogP contribution in [-0.4, -0.2) is 40.4 Å². The molecular weight excluding hydrogens is 356 g/mol. The second-order valence-electron chi connectivity index (χ2n) is 7.13. The standard InChI is InChI=1S/C21H30N4O3/c1-6-7-8-20(26)22-16-9-10-19(18(13-16)21(27)28)24(4)12-11-17-14(2)23-25(5)15(17)3/h9-10,13H,6-8,11-12H2,1-5H3,(H,22,26)(H,27,28). The highest BCUT2D eigenvalue weighted by Gasteiger charge is 2.17. The van der Waals surface area contributed by atoms with Gasteiger partial charge < -0.3 is 15.3 Å². The van der Waals surface area contributed by atoms with Gasteiger partial charge >= 0.3 is 5.97 Å². The van der Waals surface area contributed by atoms with Gasteiger partial charge in [-0.25, -0.2) is 4.79 Å². The molecule has 2 N–H and O–H groups in total. The summed E-state index contributed by atoms with van der Waals surface area (Å²) in [4.78, 5) is 25.6. The molecule has 0 aliphatic heterocycles. The van der Waals surface area contributed by atoms with Crippen molar-refractivity contribution in [3.63, 3.8) is 0 Å². The molecule has 1 aromatic heterocycles. The molecule has 0 aliphatic rings. The first-order chi connectivity index (χ1) is 13.2. The van der Waals surface area contributed by atoms with E-state index in [1.54, 1.807) is 12.1 Å². The van der Waals surface area contributed by atoms with Crippen LogP contribution in [0.1, 0.15) is 53.5 Å². The van der Waals surface area contributed by atoms with Crippen molar-refractivity contribution in [1.82, 2.24) is 9.78 Å². The fourth-order valence-electron chi connectivity index (χ4n) is 3.26. The zero-order valence-electron chi connectivity index (χ0n) is 17.4. The number of amides is 1. The molecule has 1 heterocycles. The summed E-state index contributed by atoms with van der Waals surface area (Å²) in [5.74, 6) is -1.11. The van der Waals surface area contributed by atoms with Crippen molar-refractivity contribution in [3.8, 4) is 0 Å². The van der Waals surface area contributed by atoms with Crippen molar-refractivity contribution >= 4 is 23.3 Å². The highest BCUT2D eigenvalue weighted by molar-refractivity contribution is 5.98. The minimum atomic E-state index is -1.01. The Kier molecular flexibility index (Phi) is 7.20. The van der Waals surface area contributed by atoms with E-state index in [1.165, 1.54) is 11.6 Å². The van der Waals surface area contributed by atoms with Crippen LogP contribution < -0.4 is 10.2 Å². The Balaban J connectivity index is 2.14. The van der Waals surface area contributed by atoms with Gasteiger partial charge in [0.05, 0.1) is 16.9 Å². The molecule has 0 bridgehead atoms. The summed E-state index contributed by atoms with van der Waals surface area (Å²) < 4.78 is 1.86. The van der Waals surface area contributed by atoms with Gasteiger partial charge in [-0.3, -0.25) is 9.48 Å². The van der Waals surface area contributed by atoms with Gasteiger partial charge in [0, 0.05) is 38.4 Å². The van der Waals surface area contributed by atoms with Crippen LogP contribution in [-0.2, 0) is 18.3 Å². The van der Waals surface area contributed by atoms with Gasteiger partial charge in [0.2, 0.25) is 5.91 Å². The summed E-state index contributed by atoms with van der Waals surface area (Å²) in [7, 11) is 3.80. The van der Waals surface area contributed by atoms with E-state index in [-0.39, 0.29) is 11.5 Å². The Hall–Kier alpha value is -2.83. The number of carbonyl (C=O) groups is 2. The Morgan fingerprint density at radius 1 is 1.29 bits per heavy atom. The first kappa shape index (κ1) is 21.5. The molecule has 7 nitrogen and oxygen atoms in total. The molecule has 0 radical (unpaired) electrons. The van der Waals surface area contributed by atoms with E-state index >= 15 is 0 Å². The molecule has 1 aromatic carbocycles. The number of aryl methyl sites for hydroxylation is 2. The molecular formula is C21H30N4O3. The molecule has 28 heavy (non-hydrogen) atoms. The van der Waals surface area contributed by atoms with E-state index in [4.69, 9.17) is 0 Å². The van der Waals surface area contributed by atoms with Crippen LogP contribution in [0.5, 0.6) is 0 Å². The van der Waals surface area contributed by atoms with Gasteiger partial charge in [-0.1, -0.05) is 13.3 Å². The SMILES string of the molecule is CCCCC(=O)Nc1ccc(N(C)CCc2c(C)nn(C)c2C)c(C(=O)O)c1. The normalized spacial score (nSPS) is 10.8. The average Bonchev–Trinajstić information content (AvgIpc) is 2.89. The van der Waals surface area contributed by atoms with Gasteiger partial charge in [0.25, 0.3) is 0 Å². The maximum Gasteiger partial charge on any atom is 0.337 e. The second kappa shape index (κ2) is 9.39. The van der Waals surface area contributed by atoms with Crippen LogP contribution in [0, 0.1) is 13.8 Å². The molecule has 0 unspecified atom stereocenters. The van der Waals surface area contributed by atoms with Crippen molar-refractivity contribution in [1.29, 1.82) is 0 Å². The van der Waals surface area contributed by atoms with Gasteiger partial charge in [-0.05, 0) is 50.5 Å². The van der Waals surface area contributed by atoms with Crippen LogP contribution in [0.2, 0.25) is 0 Å². The fraction of sp³-hybridized carbons (Fsp3) is 0.476. The summed E-state index contributed by atoms with van der Waals surface area (Å²) in [6.45, 7) is 6.71. The van der Waals surface area contributed by atoms with Gasteiger partial charge in [0.1, 0.15) is 0 Å². The number of hydrogen-bond donors (Lipinski definition) is 2. The predicted octanol–water partition coefficient (Wildman–Crippen LogP) is 3.54. The highest BCUT2D eigenvalue weighted by atomic mass is 16.4. The number of aromatic carboxylic acids is 1. The monoisotopic (exact) mass is 386 g/mol. The molecule has 1 amide bonds. The van der Waals surface area contributed by atoms with Gasteiger partial charge in [0.15, 0.2) is 0 Å². The van der Waals surface area contributed by atoms with E-state index in [9.17, 15) is 14.7 Å². The molecule has 0 saturated heterocycles. The fourth-order valence-corrected chi connectivity index (χ4v) is 3.26. The number of unbranched alkanes of at least 4 members (excludes halogenated alkanes) is 1. The molecule has 152 valence electrons. The maximum atomic E-state index is 11.9. The number of carboxylic acids is 1. The van der Waals surface area contributed by atoms with Crippen molar-refractivity contribution in [2.75, 3.05) is 23.8 Å². The van der Waals surface area contributed by atoms with Gasteiger partial charge in [-0.15, -0.1) is 0 Å². The lowest BCUT2D eigenvalue weighted by Gasteiger charge is -2.22. The van der Waals surface area contributed by atoms with E-state index in [0.29, 0.717) is 24.3 Å². The van der Waals surface area contributed by atoms with Crippen molar-refractivity contribution in [3.05, 3.63) is 40.7 Å². The molecule has 2 rings (SSSR count). The largest absolute Gasteiger partial charge is 0.478 e. The zero-order valence-corrected chi connectivity index (χ0v) is 17.4. The number of rotatable bonds is 9. The van der Waals surface area contributed by atoms with Crippen molar-refractivity contribution in [2.45, 2.75) is 46.5 Å². The number of anilines is 2. The van der Waals surface area contributed by atoms with E-state index in [0.717, 1.165) is 30.7 Å². The highest BCUT2D eigenvalue weighted by Crippen LogP contribution is 2.25. The number of carbonyl (C=O) groups excluding carboxylic acids is 1. The zero-order chi connectivity index (χ0) is 20.8. The summed E-state index contributed by atoms with van der Waals surface area (Å²) in [5, 5.41) is 16.9. The number of aromatic nitrogens is 2. The Morgan fingerprint density at radius 2 is 2.00 bits per heavy atom. The predicted molar refractivity (Wildman–Crippen MR) is 111 cm³/mol. The molecule has 7 heteroatoms. The number of benzene rings is 1. The van der Waals surface area contributed by atoms with Crippen LogP contribution in [0.3, 0.4) is 0 Å². The lowest BCUT2D eigenvalue weighted by molar-refractivity contribution is -0.116. The molecule has 0 spiro atoms. The van der Waals surface area contributed by atoms with Crippen molar-refractivity contribution in [2.24, 2.45) is 7.05 Å². The maximum absolute atomic E-state index is 11.9. The second-order valence-corrected chi connectivity index (χ2v) is 7.13. The average molecular weight is 386 g/mol. The first-order valence-corrected chi connectivity index (χ1v) is 9.62. The minimum absolute atomic E-state index is 0.0955. The molecule has 0 fully saturated rings. The lowest BCUT2D eigenvalue weighted by atomic mass is 10.1. The Morgan fingerprint density at radius 3 is 2.57 bits per heavy atom. The number of nitrogens with one attached hydrogen (secondary N) is 1. The Bertz CT molecular complexity index is 858. The van der Waals surface area contributed by atoms with Crippen molar-refractivity contribution < 1.29 is 14.7 Å². The number of hydrogen-bond acceptors (Lipinski definition) is 4. The quantitative estimate of drug-likeness (QED) is 0.688. The molecule has 0 aliphatic carbocycles. The number of likely N-dealkylation sites (N-methyl/N-ethyl adjacent to an activating group) is 1. The smallest absolute Gasteiger partial charge is 0.337 e. The van der Waals surface area contributed by atoms with Gasteiger partial charge in [-0.2, -0.15) is 5.10 Å². The first-order valence-electron chi connectivity index (χ1n) is 9.62. The number of nitrogens with zero attached hydrogens (tertiary/aromatic N) is 3.